The summed E-state index contributed by atoms with van der Waals surface area (Å²) in [6.07, 6.45) is 4.99. The lowest BCUT2D eigenvalue weighted by atomic mass is 9.86. The van der Waals surface area contributed by atoms with Gasteiger partial charge in [0.05, 0.1) is 11.6 Å². The van der Waals surface area contributed by atoms with Crippen molar-refractivity contribution >= 4 is 5.97 Å². The van der Waals surface area contributed by atoms with E-state index in [0.717, 1.165) is 36.9 Å². The number of nitrogens with zero attached hydrogens (tertiary/aromatic N) is 1. The summed E-state index contributed by atoms with van der Waals surface area (Å²) >= 11 is 0. The Balaban J connectivity index is 1.51. The second-order valence-electron chi connectivity index (χ2n) is 5.78. The maximum atomic E-state index is 10.9. The Kier molecular flexibility index (Phi) is 4.53. The number of hydrogen-bond acceptors (Lipinski definition) is 4. The molecule has 0 bridgehead atoms. The number of aromatic nitrogens is 1. The third kappa shape index (κ3) is 3.54. The molecule has 1 fully saturated rings. The van der Waals surface area contributed by atoms with E-state index < -0.39 is 5.97 Å². The molecule has 0 unspecified atom stereocenters. The van der Waals surface area contributed by atoms with E-state index >= 15 is 0 Å². The molecule has 1 heterocycles. The molecule has 0 atom stereocenters. The number of carbonyl (C=O) groups is 1. The van der Waals surface area contributed by atoms with Gasteiger partial charge in [0, 0.05) is 18.2 Å². The lowest BCUT2D eigenvalue weighted by molar-refractivity contribution is -0.142. The van der Waals surface area contributed by atoms with Gasteiger partial charge in [-0.2, -0.15) is 0 Å². The lowest BCUT2D eigenvalue weighted by Crippen LogP contribution is -2.34. The molecule has 22 heavy (non-hydrogen) atoms. The first-order valence-corrected chi connectivity index (χ1v) is 7.68. The molecule has 0 saturated heterocycles. The molecule has 1 aliphatic carbocycles. The molecule has 0 radical (unpaired) electrons. The fourth-order valence-corrected chi connectivity index (χ4v) is 2.89. The Morgan fingerprint density at radius 2 is 1.95 bits per heavy atom. The van der Waals surface area contributed by atoms with E-state index in [0.29, 0.717) is 18.5 Å². The number of nitrogens with one attached hydrogen (secondary N) is 1. The van der Waals surface area contributed by atoms with E-state index in [4.69, 9.17) is 9.52 Å². The molecule has 2 N–H and O–H groups in total. The number of rotatable bonds is 5. The normalized spacial score (nSPS) is 21.6. The van der Waals surface area contributed by atoms with E-state index in [1.165, 1.54) is 0 Å². The van der Waals surface area contributed by atoms with Crippen molar-refractivity contribution in [1.82, 2.24) is 10.3 Å². The van der Waals surface area contributed by atoms with Gasteiger partial charge in [-0.1, -0.05) is 18.2 Å². The van der Waals surface area contributed by atoms with Gasteiger partial charge >= 0.3 is 5.97 Å². The van der Waals surface area contributed by atoms with Gasteiger partial charge in [-0.15, -0.1) is 0 Å². The van der Waals surface area contributed by atoms with Crippen LogP contribution in [0.2, 0.25) is 0 Å². The van der Waals surface area contributed by atoms with Crippen LogP contribution in [0.15, 0.2) is 41.0 Å². The molecule has 3 rings (SSSR count). The minimum atomic E-state index is -0.664. The highest BCUT2D eigenvalue weighted by Crippen LogP contribution is 2.25. The third-order valence-corrected chi connectivity index (χ3v) is 4.22. The van der Waals surface area contributed by atoms with Gasteiger partial charge in [0.2, 0.25) is 5.89 Å². The van der Waals surface area contributed by atoms with Crippen molar-refractivity contribution in [1.29, 1.82) is 0 Å². The molecule has 2 aromatic rings. The summed E-state index contributed by atoms with van der Waals surface area (Å²) < 4.78 is 5.51. The van der Waals surface area contributed by atoms with Crippen molar-refractivity contribution in [3.05, 3.63) is 42.3 Å². The van der Waals surface area contributed by atoms with Crippen molar-refractivity contribution in [2.75, 3.05) is 0 Å². The van der Waals surface area contributed by atoms with Gasteiger partial charge in [-0.05, 0) is 37.8 Å². The Bertz CT molecular complexity index is 616. The number of aliphatic carboxylic acids is 1. The van der Waals surface area contributed by atoms with Gasteiger partial charge in [-0.25, -0.2) is 4.98 Å². The minimum Gasteiger partial charge on any atom is -0.481 e. The van der Waals surface area contributed by atoms with Crippen LogP contribution in [0, 0.1) is 5.92 Å². The second kappa shape index (κ2) is 6.75. The summed E-state index contributed by atoms with van der Waals surface area (Å²) in [5.41, 5.74) is 1.84. The van der Waals surface area contributed by atoms with Crippen LogP contribution in [-0.2, 0) is 11.3 Å². The standard InChI is InChI=1S/C17H20N2O3/c20-17(21)13-6-8-14(9-7-13)18-10-15-11-22-16(19-15)12-4-2-1-3-5-12/h1-5,11,13-14,18H,6-10H2,(H,20,21). The van der Waals surface area contributed by atoms with Crippen LogP contribution in [0.4, 0.5) is 0 Å². The number of carboxylic acid groups (broad SMARTS) is 1. The highest BCUT2D eigenvalue weighted by atomic mass is 16.4. The summed E-state index contributed by atoms with van der Waals surface area (Å²) in [6, 6.07) is 10.2. The fourth-order valence-electron chi connectivity index (χ4n) is 2.89. The molecule has 0 spiro atoms. The predicted molar refractivity (Wildman–Crippen MR) is 82.2 cm³/mol. The number of oxazole rings is 1. The summed E-state index contributed by atoms with van der Waals surface area (Å²) in [7, 11) is 0. The van der Waals surface area contributed by atoms with Crippen LogP contribution in [0.1, 0.15) is 31.4 Å². The van der Waals surface area contributed by atoms with E-state index in [9.17, 15) is 4.79 Å². The lowest BCUT2D eigenvalue weighted by Gasteiger charge is -2.26. The Hall–Kier alpha value is -2.14. The van der Waals surface area contributed by atoms with Crippen LogP contribution in [0.3, 0.4) is 0 Å². The van der Waals surface area contributed by atoms with Gasteiger partial charge in [-0.3, -0.25) is 4.79 Å². The van der Waals surface area contributed by atoms with Crippen LogP contribution < -0.4 is 5.32 Å². The zero-order chi connectivity index (χ0) is 15.4. The Labute approximate surface area is 129 Å². The number of hydrogen-bond donors (Lipinski definition) is 2. The van der Waals surface area contributed by atoms with Crippen molar-refractivity contribution in [2.45, 2.75) is 38.3 Å². The first kappa shape index (κ1) is 14.8. The van der Waals surface area contributed by atoms with Crippen LogP contribution in [0.5, 0.6) is 0 Å². The monoisotopic (exact) mass is 300 g/mol. The molecular formula is C17H20N2O3. The second-order valence-corrected chi connectivity index (χ2v) is 5.78. The van der Waals surface area contributed by atoms with Crippen molar-refractivity contribution < 1.29 is 14.3 Å². The molecular weight excluding hydrogens is 280 g/mol. The highest BCUT2D eigenvalue weighted by molar-refractivity contribution is 5.70. The van der Waals surface area contributed by atoms with E-state index in [1.54, 1.807) is 6.26 Å². The number of carboxylic acids is 1. The Morgan fingerprint density at radius 1 is 1.23 bits per heavy atom. The summed E-state index contributed by atoms with van der Waals surface area (Å²) in [5.74, 6) is -0.204. The maximum Gasteiger partial charge on any atom is 0.306 e. The molecule has 0 amide bonds. The minimum absolute atomic E-state index is 0.171. The van der Waals surface area contributed by atoms with Crippen LogP contribution in [-0.4, -0.2) is 22.1 Å². The van der Waals surface area contributed by atoms with Crippen molar-refractivity contribution in [3.63, 3.8) is 0 Å². The highest BCUT2D eigenvalue weighted by Gasteiger charge is 2.25. The Morgan fingerprint density at radius 3 is 2.64 bits per heavy atom. The average Bonchev–Trinajstić information content (AvgIpc) is 3.03. The van der Waals surface area contributed by atoms with Gasteiger partial charge < -0.3 is 14.8 Å². The smallest absolute Gasteiger partial charge is 0.306 e. The van der Waals surface area contributed by atoms with Gasteiger partial charge in [0.15, 0.2) is 0 Å². The van der Waals surface area contributed by atoms with Crippen LogP contribution in [0.25, 0.3) is 11.5 Å². The molecule has 1 saturated carbocycles. The van der Waals surface area contributed by atoms with E-state index in [2.05, 4.69) is 10.3 Å². The fraction of sp³-hybridized carbons (Fsp3) is 0.412. The zero-order valence-electron chi connectivity index (χ0n) is 12.4. The van der Waals surface area contributed by atoms with E-state index in [1.807, 2.05) is 30.3 Å². The summed E-state index contributed by atoms with van der Waals surface area (Å²) in [4.78, 5) is 15.4. The van der Waals surface area contributed by atoms with Crippen molar-refractivity contribution in [3.8, 4) is 11.5 Å². The SMILES string of the molecule is O=C(O)C1CCC(NCc2coc(-c3ccccc3)n2)CC1. The molecule has 1 aromatic heterocycles. The first-order chi connectivity index (χ1) is 10.7. The molecule has 5 heteroatoms. The van der Waals surface area contributed by atoms with Gasteiger partial charge in [0.1, 0.15) is 6.26 Å². The molecule has 5 nitrogen and oxygen atoms in total. The maximum absolute atomic E-state index is 10.9. The summed E-state index contributed by atoms with van der Waals surface area (Å²) in [6.45, 7) is 0.652. The third-order valence-electron chi connectivity index (χ3n) is 4.22. The number of benzene rings is 1. The average molecular weight is 300 g/mol. The molecule has 1 aliphatic rings. The zero-order valence-corrected chi connectivity index (χ0v) is 12.4. The molecule has 0 aliphatic heterocycles. The van der Waals surface area contributed by atoms with Crippen LogP contribution >= 0.6 is 0 Å². The molecule has 1 aromatic carbocycles. The molecule has 116 valence electrons. The van der Waals surface area contributed by atoms with Crippen molar-refractivity contribution in [2.24, 2.45) is 5.92 Å². The predicted octanol–water partition coefficient (Wildman–Crippen LogP) is 3.07. The van der Waals surface area contributed by atoms with Gasteiger partial charge in [0.25, 0.3) is 0 Å². The largest absolute Gasteiger partial charge is 0.481 e. The van der Waals surface area contributed by atoms with E-state index in [-0.39, 0.29) is 5.92 Å². The quantitative estimate of drug-likeness (QED) is 0.887. The summed E-state index contributed by atoms with van der Waals surface area (Å²) in [5, 5.41) is 12.4. The topological polar surface area (TPSA) is 75.4 Å². The first-order valence-electron chi connectivity index (χ1n) is 7.68.